The van der Waals surface area contributed by atoms with Crippen molar-refractivity contribution in [3.05, 3.63) is 60.3 Å². The molecule has 0 saturated carbocycles. The molecule has 0 spiro atoms. The number of ketones is 1. The fraction of sp³-hybridized carbons (Fsp3) is 0.176. The van der Waals surface area contributed by atoms with E-state index in [1.165, 1.54) is 35.1 Å². The lowest BCUT2D eigenvalue weighted by molar-refractivity contribution is -0.137. The van der Waals surface area contributed by atoms with Crippen molar-refractivity contribution in [1.82, 2.24) is 14.3 Å². The van der Waals surface area contributed by atoms with Gasteiger partial charge in [-0.3, -0.25) is 9.20 Å². The largest absolute Gasteiger partial charge is 0.432 e. The van der Waals surface area contributed by atoms with Crippen molar-refractivity contribution in [2.24, 2.45) is 0 Å². The minimum atomic E-state index is -4.48. The van der Waals surface area contributed by atoms with Crippen molar-refractivity contribution in [3.8, 4) is 11.3 Å². The van der Waals surface area contributed by atoms with Gasteiger partial charge in [0.05, 0.1) is 5.56 Å². The molecule has 0 aliphatic carbocycles. The Kier molecular flexibility index (Phi) is 4.12. The maximum absolute atomic E-state index is 13.0. The molecular formula is C17H14F3N3O2. The van der Waals surface area contributed by atoms with Crippen LogP contribution in [0.2, 0.25) is 0 Å². The summed E-state index contributed by atoms with van der Waals surface area (Å²) >= 11 is 0. The fourth-order valence-electron chi connectivity index (χ4n) is 2.36. The average molecular weight is 349 g/mol. The van der Waals surface area contributed by atoms with E-state index in [1.54, 1.807) is 25.2 Å². The molecule has 0 amide bonds. The number of hydrogen-bond acceptors (Lipinski definition) is 4. The molecule has 2 aromatic heterocycles. The van der Waals surface area contributed by atoms with Crippen LogP contribution in [-0.4, -0.2) is 34.2 Å². The Morgan fingerprint density at radius 2 is 2.08 bits per heavy atom. The summed E-state index contributed by atoms with van der Waals surface area (Å²) < 4.78 is 45.5. The van der Waals surface area contributed by atoms with Gasteiger partial charge in [-0.25, -0.2) is 0 Å². The second-order valence-electron chi connectivity index (χ2n) is 5.59. The number of halogens is 3. The number of hydrogen-bond donors (Lipinski definition) is 0. The zero-order chi connectivity index (χ0) is 18.2. The van der Waals surface area contributed by atoms with E-state index >= 15 is 0 Å². The Balaban J connectivity index is 2.16. The van der Waals surface area contributed by atoms with Crippen LogP contribution in [0.15, 0.2) is 53.4 Å². The van der Waals surface area contributed by atoms with Crippen LogP contribution >= 0.6 is 0 Å². The van der Waals surface area contributed by atoms with E-state index in [-0.39, 0.29) is 22.8 Å². The third-order valence-corrected chi connectivity index (χ3v) is 3.48. The molecule has 0 bridgehead atoms. The monoisotopic (exact) mass is 349 g/mol. The highest BCUT2D eigenvalue weighted by Crippen LogP contribution is 2.33. The van der Waals surface area contributed by atoms with Gasteiger partial charge >= 0.3 is 12.0 Å². The van der Waals surface area contributed by atoms with Gasteiger partial charge < -0.3 is 9.32 Å². The Labute approximate surface area is 141 Å². The molecule has 25 heavy (non-hydrogen) atoms. The summed E-state index contributed by atoms with van der Waals surface area (Å²) in [5.41, 5.74) is -0.341. The van der Waals surface area contributed by atoms with E-state index in [4.69, 9.17) is 4.42 Å². The molecule has 130 valence electrons. The van der Waals surface area contributed by atoms with Crippen LogP contribution in [0.4, 0.5) is 13.2 Å². The zero-order valence-corrected chi connectivity index (χ0v) is 13.4. The lowest BCUT2D eigenvalue weighted by Crippen LogP contribution is -2.07. The summed E-state index contributed by atoms with van der Waals surface area (Å²) in [6.45, 7) is 0. The number of oxazole rings is 1. The highest BCUT2D eigenvalue weighted by Gasteiger charge is 2.31. The number of rotatable bonds is 4. The first-order valence-electron chi connectivity index (χ1n) is 7.29. The number of alkyl halides is 3. The first-order valence-corrected chi connectivity index (χ1v) is 7.29. The smallest absolute Gasteiger partial charge is 0.416 e. The van der Waals surface area contributed by atoms with Crippen LogP contribution in [0, 0.1) is 0 Å². The summed E-state index contributed by atoms with van der Waals surface area (Å²) in [6.07, 6.45) is 1.25. The lowest BCUT2D eigenvalue weighted by atomic mass is 10.0. The van der Waals surface area contributed by atoms with Gasteiger partial charge in [0.25, 0.3) is 0 Å². The molecule has 2 heterocycles. The fourth-order valence-corrected chi connectivity index (χ4v) is 2.36. The minimum absolute atomic E-state index is 0.133. The highest BCUT2D eigenvalue weighted by atomic mass is 19.4. The van der Waals surface area contributed by atoms with E-state index in [0.717, 1.165) is 12.1 Å². The first-order chi connectivity index (χ1) is 11.8. The van der Waals surface area contributed by atoms with Gasteiger partial charge in [0.1, 0.15) is 17.7 Å². The normalized spacial score (nSPS) is 12.2. The molecule has 8 heteroatoms. The summed E-state index contributed by atoms with van der Waals surface area (Å²) in [6, 6.07) is 4.69. The first kappa shape index (κ1) is 16.8. The third-order valence-electron chi connectivity index (χ3n) is 3.48. The Hall–Kier alpha value is -3.03. The number of nitrogens with zero attached hydrogens (tertiary/aromatic N) is 3. The second-order valence-corrected chi connectivity index (χ2v) is 5.59. The SMILES string of the molecule is CN(C)C=CC(=O)c1c(-c2cccc(C(F)(F)F)c2)nc2occn12. The zero-order valence-electron chi connectivity index (χ0n) is 13.4. The Morgan fingerprint density at radius 1 is 1.32 bits per heavy atom. The highest BCUT2D eigenvalue weighted by molar-refractivity contribution is 6.07. The van der Waals surface area contributed by atoms with E-state index in [2.05, 4.69) is 4.98 Å². The molecule has 0 fully saturated rings. The average Bonchev–Trinajstić information content (AvgIpc) is 3.12. The van der Waals surface area contributed by atoms with Crippen LogP contribution in [0.5, 0.6) is 0 Å². The van der Waals surface area contributed by atoms with Crippen molar-refractivity contribution in [2.45, 2.75) is 6.18 Å². The number of fused-ring (bicyclic) bond motifs is 1. The summed E-state index contributed by atoms with van der Waals surface area (Å²) in [5.74, 6) is -0.260. The maximum Gasteiger partial charge on any atom is 0.416 e. The molecule has 5 nitrogen and oxygen atoms in total. The number of aromatic nitrogens is 2. The number of imidazole rings is 1. The topological polar surface area (TPSA) is 50.8 Å². The number of carbonyl (C=O) groups is 1. The molecular weight excluding hydrogens is 335 g/mol. The molecule has 0 aliphatic rings. The Bertz CT molecular complexity index is 952. The van der Waals surface area contributed by atoms with Crippen molar-refractivity contribution in [2.75, 3.05) is 14.1 Å². The van der Waals surface area contributed by atoms with Gasteiger partial charge in [-0.1, -0.05) is 12.1 Å². The Morgan fingerprint density at radius 3 is 2.76 bits per heavy atom. The predicted octanol–water partition coefficient (Wildman–Crippen LogP) is 3.87. The van der Waals surface area contributed by atoms with Gasteiger partial charge in [0.2, 0.25) is 5.78 Å². The van der Waals surface area contributed by atoms with Gasteiger partial charge in [-0.15, -0.1) is 0 Å². The van der Waals surface area contributed by atoms with E-state index in [1.807, 2.05) is 0 Å². The minimum Gasteiger partial charge on any atom is -0.432 e. The molecule has 3 rings (SSSR count). The summed E-state index contributed by atoms with van der Waals surface area (Å²) in [5, 5.41) is 0. The van der Waals surface area contributed by atoms with Gasteiger partial charge in [-0.2, -0.15) is 18.2 Å². The van der Waals surface area contributed by atoms with Crippen LogP contribution in [0.3, 0.4) is 0 Å². The van der Waals surface area contributed by atoms with Crippen molar-refractivity contribution in [1.29, 1.82) is 0 Å². The van der Waals surface area contributed by atoms with Gasteiger partial charge in [0, 0.05) is 38.1 Å². The van der Waals surface area contributed by atoms with E-state index in [9.17, 15) is 18.0 Å². The molecule has 0 radical (unpaired) electrons. The quantitative estimate of drug-likeness (QED) is 0.530. The summed E-state index contributed by atoms with van der Waals surface area (Å²) in [7, 11) is 3.50. The van der Waals surface area contributed by atoms with Crippen LogP contribution < -0.4 is 0 Å². The van der Waals surface area contributed by atoms with E-state index in [0.29, 0.717) is 0 Å². The molecule has 0 unspecified atom stereocenters. The number of carbonyl (C=O) groups excluding carboxylic acids is 1. The third kappa shape index (κ3) is 3.28. The molecule has 0 aliphatic heterocycles. The van der Waals surface area contributed by atoms with Crippen molar-refractivity contribution in [3.63, 3.8) is 0 Å². The molecule has 3 aromatic rings. The molecule has 0 atom stereocenters. The van der Waals surface area contributed by atoms with Crippen molar-refractivity contribution >= 4 is 11.6 Å². The standard InChI is InChI=1S/C17H14F3N3O2/c1-22(2)7-6-13(24)15-14(21-16-23(15)8-9-25-16)11-4-3-5-12(10-11)17(18,19)20/h3-10H,1-2H3. The molecule has 1 aromatic carbocycles. The van der Waals surface area contributed by atoms with Gasteiger partial charge in [0.15, 0.2) is 0 Å². The van der Waals surface area contributed by atoms with Crippen LogP contribution in [-0.2, 0) is 6.18 Å². The molecule has 0 saturated heterocycles. The van der Waals surface area contributed by atoms with E-state index < -0.39 is 17.5 Å². The maximum atomic E-state index is 13.0. The van der Waals surface area contributed by atoms with Gasteiger partial charge in [-0.05, 0) is 12.1 Å². The lowest BCUT2D eigenvalue weighted by Gasteiger charge is -2.08. The second kappa shape index (κ2) is 6.12. The predicted molar refractivity (Wildman–Crippen MR) is 85.1 cm³/mol. The van der Waals surface area contributed by atoms with Crippen LogP contribution in [0.1, 0.15) is 16.1 Å². The van der Waals surface area contributed by atoms with Crippen molar-refractivity contribution < 1.29 is 22.4 Å². The molecule has 0 N–H and O–H groups in total. The number of benzene rings is 1. The van der Waals surface area contributed by atoms with Crippen LogP contribution in [0.25, 0.3) is 17.1 Å². The summed E-state index contributed by atoms with van der Waals surface area (Å²) in [4.78, 5) is 18.4. The number of allylic oxidation sites excluding steroid dienone is 1.